The molecule has 7 heteroatoms. The summed E-state index contributed by atoms with van der Waals surface area (Å²) in [6.45, 7) is 0. The molecule has 3 nitrogen and oxygen atoms in total. The molecule has 0 saturated carbocycles. The van der Waals surface area contributed by atoms with E-state index in [4.69, 9.17) is 5.11 Å². The number of aromatic nitrogens is 1. The number of hydrogen-bond acceptors (Lipinski definition) is 2. The van der Waals surface area contributed by atoms with Gasteiger partial charge < -0.3 is 5.11 Å². The van der Waals surface area contributed by atoms with Crippen LogP contribution in [0.1, 0.15) is 22.5 Å². The number of carboxylic acid groups (broad SMARTS) is 1. The third kappa shape index (κ3) is 2.19. The van der Waals surface area contributed by atoms with Gasteiger partial charge in [0.2, 0.25) is 0 Å². The van der Waals surface area contributed by atoms with Crippen molar-refractivity contribution in [2.75, 3.05) is 0 Å². The first-order valence-corrected chi connectivity index (χ1v) is 5.17. The van der Waals surface area contributed by atoms with Crippen LogP contribution in [-0.2, 0) is 0 Å². The molecule has 1 aromatic rings. The fourth-order valence-electron chi connectivity index (χ4n) is 0.779. The number of carboxylic acids is 1. The van der Waals surface area contributed by atoms with E-state index in [-0.39, 0.29) is 19.3 Å². The van der Waals surface area contributed by atoms with Crippen molar-refractivity contribution < 1.29 is 18.7 Å². The average Bonchev–Trinajstić information content (AvgIpc) is 2.08. The lowest BCUT2D eigenvalue weighted by molar-refractivity contribution is 0.0688. The fourth-order valence-corrected chi connectivity index (χ4v) is 1.92. The highest BCUT2D eigenvalue weighted by Gasteiger charge is 2.20. The Labute approximate surface area is 99.8 Å². The second-order valence-corrected chi connectivity index (χ2v) is 4.17. The quantitative estimate of drug-likeness (QED) is 0.806. The first kappa shape index (κ1) is 11.8. The highest BCUT2D eigenvalue weighted by atomic mass is 127. The van der Waals surface area contributed by atoms with Gasteiger partial charge in [-0.05, 0) is 38.5 Å². The molecule has 0 aliphatic heterocycles. The van der Waals surface area contributed by atoms with E-state index in [2.05, 4.69) is 20.9 Å². The van der Waals surface area contributed by atoms with Gasteiger partial charge in [0.05, 0.1) is 9.13 Å². The SMILES string of the molecule is O=C(O)c1ncc(C(F)F)c(Br)c1I. The van der Waals surface area contributed by atoms with Crippen molar-refractivity contribution in [3.63, 3.8) is 0 Å². The summed E-state index contributed by atoms with van der Waals surface area (Å²) in [6.07, 6.45) is -1.81. The van der Waals surface area contributed by atoms with E-state index in [0.717, 1.165) is 6.20 Å². The van der Waals surface area contributed by atoms with Crippen molar-refractivity contribution in [1.29, 1.82) is 0 Å². The molecule has 0 aromatic carbocycles. The topological polar surface area (TPSA) is 50.2 Å². The lowest BCUT2D eigenvalue weighted by Crippen LogP contribution is -2.05. The molecule has 0 spiro atoms. The normalized spacial score (nSPS) is 10.6. The zero-order valence-electron chi connectivity index (χ0n) is 6.47. The Morgan fingerprint density at radius 2 is 2.21 bits per heavy atom. The molecule has 1 heterocycles. The summed E-state index contributed by atoms with van der Waals surface area (Å²) < 4.78 is 24.9. The molecule has 14 heavy (non-hydrogen) atoms. The van der Waals surface area contributed by atoms with Gasteiger partial charge in [-0.3, -0.25) is 0 Å². The number of halogens is 4. The van der Waals surface area contributed by atoms with E-state index in [1.54, 1.807) is 22.6 Å². The molecule has 76 valence electrons. The van der Waals surface area contributed by atoms with Crippen LogP contribution in [-0.4, -0.2) is 16.1 Å². The molecule has 0 fully saturated rings. The number of carbonyl (C=O) groups is 1. The molecule has 0 amide bonds. The van der Waals surface area contributed by atoms with Crippen LogP contribution in [0.15, 0.2) is 10.7 Å². The smallest absolute Gasteiger partial charge is 0.355 e. The van der Waals surface area contributed by atoms with Gasteiger partial charge in [0.1, 0.15) is 0 Å². The summed E-state index contributed by atoms with van der Waals surface area (Å²) in [7, 11) is 0. The summed E-state index contributed by atoms with van der Waals surface area (Å²) in [5.41, 5.74) is -0.540. The minimum Gasteiger partial charge on any atom is -0.476 e. The predicted molar refractivity (Wildman–Crippen MR) is 56.6 cm³/mol. The molecule has 0 aliphatic carbocycles. The van der Waals surface area contributed by atoms with Gasteiger partial charge in [-0.1, -0.05) is 0 Å². The van der Waals surface area contributed by atoms with E-state index < -0.39 is 12.4 Å². The van der Waals surface area contributed by atoms with Crippen LogP contribution in [0.2, 0.25) is 0 Å². The Bertz CT molecular complexity index is 386. The number of pyridine rings is 1. The molecular formula is C7H3BrF2INO2. The van der Waals surface area contributed by atoms with Gasteiger partial charge in [-0.15, -0.1) is 0 Å². The summed E-state index contributed by atoms with van der Waals surface area (Å²) in [6, 6.07) is 0. The van der Waals surface area contributed by atoms with Crippen molar-refractivity contribution in [2.45, 2.75) is 6.43 Å². The standard InChI is InChI=1S/C7H3BrF2INO2/c8-3-2(6(9)10)1-12-5(4(3)11)7(13)14/h1,6H,(H,13,14). The average molecular weight is 378 g/mol. The Morgan fingerprint density at radius 3 is 2.64 bits per heavy atom. The molecule has 0 aliphatic rings. The van der Waals surface area contributed by atoms with Gasteiger partial charge in [0.15, 0.2) is 5.69 Å². The van der Waals surface area contributed by atoms with Crippen LogP contribution in [0.5, 0.6) is 0 Å². The van der Waals surface area contributed by atoms with Gasteiger partial charge in [-0.2, -0.15) is 0 Å². The van der Waals surface area contributed by atoms with Gasteiger partial charge in [-0.25, -0.2) is 18.6 Å². The molecule has 0 unspecified atom stereocenters. The number of hydrogen-bond donors (Lipinski definition) is 1. The van der Waals surface area contributed by atoms with E-state index in [1.165, 1.54) is 0 Å². The third-order valence-corrected chi connectivity index (χ3v) is 4.07. The van der Waals surface area contributed by atoms with Crippen LogP contribution in [0, 0.1) is 3.57 Å². The summed E-state index contributed by atoms with van der Waals surface area (Å²) in [4.78, 5) is 14.0. The van der Waals surface area contributed by atoms with E-state index in [9.17, 15) is 13.6 Å². The van der Waals surface area contributed by atoms with Crippen molar-refractivity contribution in [3.8, 4) is 0 Å². The summed E-state index contributed by atoms with van der Waals surface area (Å²) in [5, 5.41) is 8.64. The van der Waals surface area contributed by atoms with Crippen LogP contribution in [0.4, 0.5) is 8.78 Å². The van der Waals surface area contributed by atoms with E-state index >= 15 is 0 Å². The molecule has 0 saturated heterocycles. The molecular weight excluding hydrogens is 375 g/mol. The van der Waals surface area contributed by atoms with Gasteiger partial charge >= 0.3 is 5.97 Å². The third-order valence-electron chi connectivity index (χ3n) is 1.42. The summed E-state index contributed by atoms with van der Waals surface area (Å²) >= 11 is 4.56. The lowest BCUT2D eigenvalue weighted by atomic mass is 10.2. The molecule has 0 radical (unpaired) electrons. The van der Waals surface area contributed by atoms with Crippen molar-refractivity contribution >= 4 is 44.5 Å². The number of nitrogens with zero attached hydrogens (tertiary/aromatic N) is 1. The summed E-state index contributed by atoms with van der Waals surface area (Å²) in [5.74, 6) is -1.24. The maximum Gasteiger partial charge on any atom is 0.355 e. The molecule has 1 aromatic heterocycles. The van der Waals surface area contributed by atoms with Crippen LogP contribution in [0.25, 0.3) is 0 Å². The second-order valence-electron chi connectivity index (χ2n) is 2.30. The maximum atomic E-state index is 12.3. The fraction of sp³-hybridized carbons (Fsp3) is 0.143. The van der Waals surface area contributed by atoms with Crippen LogP contribution >= 0.6 is 38.5 Å². The number of rotatable bonds is 2. The van der Waals surface area contributed by atoms with Gasteiger partial charge in [0, 0.05) is 10.7 Å². The monoisotopic (exact) mass is 377 g/mol. The molecule has 0 bridgehead atoms. The predicted octanol–water partition coefficient (Wildman–Crippen LogP) is 3.08. The maximum absolute atomic E-state index is 12.3. The Hall–Kier alpha value is -0.310. The van der Waals surface area contributed by atoms with E-state index in [1.807, 2.05) is 0 Å². The highest BCUT2D eigenvalue weighted by molar-refractivity contribution is 14.1. The Morgan fingerprint density at radius 1 is 1.64 bits per heavy atom. The zero-order valence-corrected chi connectivity index (χ0v) is 10.2. The molecule has 1 rings (SSSR count). The zero-order chi connectivity index (χ0) is 10.9. The minimum atomic E-state index is -2.67. The largest absolute Gasteiger partial charge is 0.476 e. The molecule has 1 N–H and O–H groups in total. The Kier molecular flexibility index (Phi) is 3.76. The van der Waals surface area contributed by atoms with Crippen LogP contribution < -0.4 is 0 Å². The van der Waals surface area contributed by atoms with Crippen molar-refractivity contribution in [3.05, 3.63) is 25.5 Å². The molecule has 0 atom stereocenters. The first-order chi connectivity index (χ1) is 6.45. The number of alkyl halides is 2. The minimum absolute atomic E-state index is 0.0838. The Balaban J connectivity index is 3.33. The van der Waals surface area contributed by atoms with Gasteiger partial charge in [0.25, 0.3) is 6.43 Å². The van der Waals surface area contributed by atoms with E-state index in [0.29, 0.717) is 0 Å². The van der Waals surface area contributed by atoms with Crippen LogP contribution in [0.3, 0.4) is 0 Å². The lowest BCUT2D eigenvalue weighted by Gasteiger charge is -2.06. The first-order valence-electron chi connectivity index (χ1n) is 3.30. The van der Waals surface area contributed by atoms with Crippen molar-refractivity contribution in [2.24, 2.45) is 0 Å². The second kappa shape index (κ2) is 4.47. The van der Waals surface area contributed by atoms with Crippen molar-refractivity contribution in [1.82, 2.24) is 4.98 Å². The number of aromatic carboxylic acids is 1. The highest BCUT2D eigenvalue weighted by Crippen LogP contribution is 2.31.